The zero-order valence-electron chi connectivity index (χ0n) is 11.1. The Morgan fingerprint density at radius 3 is 2.42 bits per heavy atom. The van der Waals surface area contributed by atoms with E-state index in [-0.39, 0.29) is 5.92 Å². The minimum Gasteiger partial charge on any atom is -0.493 e. The van der Waals surface area contributed by atoms with E-state index in [1.54, 1.807) is 13.2 Å². The Morgan fingerprint density at radius 1 is 1.11 bits per heavy atom. The molecule has 19 heavy (non-hydrogen) atoms. The Kier molecular flexibility index (Phi) is 4.22. The topological polar surface area (TPSA) is 44.2 Å². The number of hydrogen-bond donors (Lipinski definition) is 0. The van der Waals surface area contributed by atoms with Crippen LogP contribution in [0.1, 0.15) is 25.6 Å². The Bertz CT molecular complexity index is 573. The third kappa shape index (κ3) is 3.35. The highest BCUT2D eigenvalue weighted by Crippen LogP contribution is 2.31. The van der Waals surface area contributed by atoms with Gasteiger partial charge in [-0.15, -0.1) is 0 Å². The second-order valence-corrected chi connectivity index (χ2v) is 4.68. The number of methoxy groups -OCH3 is 1. The van der Waals surface area contributed by atoms with Crippen LogP contribution in [-0.2, 0) is 0 Å². The summed E-state index contributed by atoms with van der Waals surface area (Å²) in [5.41, 5.74) is 0. The van der Waals surface area contributed by atoms with E-state index in [0.29, 0.717) is 28.4 Å². The zero-order chi connectivity index (χ0) is 13.8. The molecule has 0 aliphatic heterocycles. The average molecular weight is 279 g/mol. The highest BCUT2D eigenvalue weighted by molar-refractivity contribution is 6.29. The number of aromatic nitrogens is 2. The minimum absolute atomic E-state index is 0.179. The van der Waals surface area contributed by atoms with E-state index < -0.39 is 0 Å². The van der Waals surface area contributed by atoms with Gasteiger partial charge in [0.25, 0.3) is 0 Å². The van der Waals surface area contributed by atoms with Crippen LogP contribution in [0.4, 0.5) is 0 Å². The van der Waals surface area contributed by atoms with E-state index in [4.69, 9.17) is 21.1 Å². The first-order valence-corrected chi connectivity index (χ1v) is 6.33. The van der Waals surface area contributed by atoms with E-state index in [1.807, 2.05) is 38.1 Å². The highest BCUT2D eigenvalue weighted by atomic mass is 35.5. The Balaban J connectivity index is 2.32. The van der Waals surface area contributed by atoms with Crippen LogP contribution < -0.4 is 9.47 Å². The number of hydrogen-bond acceptors (Lipinski definition) is 4. The highest BCUT2D eigenvalue weighted by Gasteiger charge is 2.10. The number of ether oxygens (including phenoxy) is 2. The van der Waals surface area contributed by atoms with Gasteiger partial charge < -0.3 is 9.47 Å². The maximum atomic E-state index is 5.97. The Hall–Kier alpha value is -1.81. The van der Waals surface area contributed by atoms with Crippen molar-refractivity contribution in [1.29, 1.82) is 0 Å². The van der Waals surface area contributed by atoms with E-state index in [1.165, 1.54) is 0 Å². The molecule has 0 saturated heterocycles. The molecule has 0 saturated carbocycles. The summed E-state index contributed by atoms with van der Waals surface area (Å²) >= 11 is 5.97. The van der Waals surface area contributed by atoms with E-state index >= 15 is 0 Å². The molecular weight excluding hydrogens is 264 g/mol. The summed E-state index contributed by atoms with van der Waals surface area (Å²) in [6.45, 7) is 4.00. The zero-order valence-corrected chi connectivity index (χ0v) is 11.8. The molecule has 0 unspecified atom stereocenters. The molecule has 2 aromatic rings. The summed E-state index contributed by atoms with van der Waals surface area (Å²) in [7, 11) is 1.59. The fraction of sp³-hybridized carbons (Fsp3) is 0.286. The molecule has 2 rings (SSSR count). The van der Waals surface area contributed by atoms with Gasteiger partial charge in [0.15, 0.2) is 11.5 Å². The quantitative estimate of drug-likeness (QED) is 0.791. The monoisotopic (exact) mass is 278 g/mol. The van der Waals surface area contributed by atoms with E-state index in [9.17, 15) is 0 Å². The fourth-order valence-corrected chi connectivity index (χ4v) is 1.72. The average Bonchev–Trinajstić information content (AvgIpc) is 2.38. The molecule has 0 aliphatic rings. The molecule has 0 bridgehead atoms. The third-order valence-corrected chi connectivity index (χ3v) is 2.68. The molecule has 100 valence electrons. The number of halogens is 1. The predicted octanol–water partition coefficient (Wildman–Crippen LogP) is 4.05. The lowest BCUT2D eigenvalue weighted by molar-refractivity contribution is 0.373. The van der Waals surface area contributed by atoms with Gasteiger partial charge in [-0.25, -0.2) is 4.98 Å². The van der Waals surface area contributed by atoms with E-state index in [0.717, 1.165) is 0 Å². The van der Waals surface area contributed by atoms with Crippen molar-refractivity contribution >= 4 is 11.6 Å². The van der Waals surface area contributed by atoms with Crippen LogP contribution in [0.3, 0.4) is 0 Å². The molecule has 1 heterocycles. The van der Waals surface area contributed by atoms with Crippen LogP contribution in [0.5, 0.6) is 17.4 Å². The van der Waals surface area contributed by atoms with Crippen LogP contribution in [0, 0.1) is 0 Å². The molecular formula is C14H15ClN2O2. The molecule has 0 radical (unpaired) electrons. The molecule has 0 N–H and O–H groups in total. The molecule has 0 spiro atoms. The number of rotatable bonds is 4. The molecule has 0 aliphatic carbocycles. The summed E-state index contributed by atoms with van der Waals surface area (Å²) in [5.74, 6) is 2.47. The second kappa shape index (κ2) is 5.89. The molecule has 1 aromatic carbocycles. The van der Waals surface area contributed by atoms with Gasteiger partial charge in [0.1, 0.15) is 11.0 Å². The number of benzene rings is 1. The van der Waals surface area contributed by atoms with Crippen LogP contribution in [-0.4, -0.2) is 17.1 Å². The maximum absolute atomic E-state index is 5.97. The summed E-state index contributed by atoms with van der Waals surface area (Å²) in [5, 5.41) is 0.364. The van der Waals surface area contributed by atoms with Crippen molar-refractivity contribution in [2.75, 3.05) is 7.11 Å². The fourth-order valence-electron chi connectivity index (χ4n) is 1.54. The van der Waals surface area contributed by atoms with Gasteiger partial charge in [-0.05, 0) is 12.1 Å². The van der Waals surface area contributed by atoms with Crippen LogP contribution in [0.2, 0.25) is 5.15 Å². The third-order valence-electron chi connectivity index (χ3n) is 2.49. The molecule has 0 amide bonds. The molecule has 4 nitrogen and oxygen atoms in total. The second-order valence-electron chi connectivity index (χ2n) is 4.29. The van der Waals surface area contributed by atoms with Gasteiger partial charge in [-0.1, -0.05) is 37.6 Å². The number of para-hydroxylation sites is 2. The van der Waals surface area contributed by atoms with Crippen LogP contribution in [0.25, 0.3) is 0 Å². The van der Waals surface area contributed by atoms with Crippen molar-refractivity contribution in [3.8, 4) is 17.4 Å². The van der Waals surface area contributed by atoms with Crippen molar-refractivity contribution in [2.45, 2.75) is 19.8 Å². The minimum atomic E-state index is 0.179. The first-order chi connectivity index (χ1) is 9.10. The van der Waals surface area contributed by atoms with Gasteiger partial charge in [-0.2, -0.15) is 4.98 Å². The SMILES string of the molecule is COc1ccccc1Oc1cc(Cl)nc(C(C)C)n1. The Morgan fingerprint density at radius 2 is 1.79 bits per heavy atom. The molecule has 0 fully saturated rings. The molecule has 5 heteroatoms. The van der Waals surface area contributed by atoms with E-state index in [2.05, 4.69) is 9.97 Å². The van der Waals surface area contributed by atoms with Crippen molar-refractivity contribution in [2.24, 2.45) is 0 Å². The van der Waals surface area contributed by atoms with Crippen molar-refractivity contribution < 1.29 is 9.47 Å². The first-order valence-electron chi connectivity index (χ1n) is 5.95. The first kappa shape index (κ1) is 13.6. The van der Waals surface area contributed by atoms with Crippen LogP contribution >= 0.6 is 11.6 Å². The standard InChI is InChI=1S/C14H15ClN2O2/c1-9(2)14-16-12(15)8-13(17-14)19-11-7-5-4-6-10(11)18-3/h4-9H,1-3H3. The lowest BCUT2D eigenvalue weighted by Crippen LogP contribution is -2.00. The van der Waals surface area contributed by atoms with Gasteiger partial charge in [0, 0.05) is 12.0 Å². The lowest BCUT2D eigenvalue weighted by atomic mass is 10.2. The van der Waals surface area contributed by atoms with Gasteiger partial charge in [-0.3, -0.25) is 0 Å². The predicted molar refractivity (Wildman–Crippen MR) is 74.2 cm³/mol. The summed E-state index contributed by atoms with van der Waals surface area (Å²) < 4.78 is 10.9. The van der Waals surface area contributed by atoms with Crippen molar-refractivity contribution in [1.82, 2.24) is 9.97 Å². The van der Waals surface area contributed by atoms with Gasteiger partial charge in [0.2, 0.25) is 5.88 Å². The van der Waals surface area contributed by atoms with Crippen molar-refractivity contribution in [3.05, 3.63) is 41.3 Å². The van der Waals surface area contributed by atoms with Crippen molar-refractivity contribution in [3.63, 3.8) is 0 Å². The number of nitrogens with zero attached hydrogens (tertiary/aromatic N) is 2. The summed E-state index contributed by atoms with van der Waals surface area (Å²) in [6, 6.07) is 8.95. The molecule has 0 atom stereocenters. The largest absolute Gasteiger partial charge is 0.493 e. The smallest absolute Gasteiger partial charge is 0.224 e. The molecule has 1 aromatic heterocycles. The maximum Gasteiger partial charge on any atom is 0.224 e. The summed E-state index contributed by atoms with van der Waals surface area (Å²) in [6.07, 6.45) is 0. The van der Waals surface area contributed by atoms with Gasteiger partial charge >= 0.3 is 0 Å². The normalized spacial score (nSPS) is 10.6. The lowest BCUT2D eigenvalue weighted by Gasteiger charge is -2.11. The van der Waals surface area contributed by atoms with Gasteiger partial charge in [0.05, 0.1) is 7.11 Å². The Labute approximate surface area is 117 Å². The van der Waals surface area contributed by atoms with Crippen LogP contribution in [0.15, 0.2) is 30.3 Å². The summed E-state index contributed by atoms with van der Waals surface area (Å²) in [4.78, 5) is 8.49.